The summed E-state index contributed by atoms with van der Waals surface area (Å²) in [4.78, 5) is 20.2. The molecule has 0 unspecified atom stereocenters. The Labute approximate surface area is 186 Å². The van der Waals surface area contributed by atoms with Crippen molar-refractivity contribution >= 4 is 11.6 Å². The Morgan fingerprint density at radius 1 is 1.06 bits per heavy atom. The number of methoxy groups -OCH3 is 1. The standard InChI is InChI=1S/C26H35N3O2/c1-3-14-29(23-12-13-24-21(19-23)8-7-11-25(24)31-2)26(30)20-27-15-17-28(18-16-27)22-9-5-4-6-10-22/h4-11,23H,3,12-20H2,1-2H3/t23-/m1/s1. The smallest absolute Gasteiger partial charge is 0.237 e. The van der Waals surface area contributed by atoms with Gasteiger partial charge in [0, 0.05) is 44.5 Å². The minimum atomic E-state index is 0.284. The highest BCUT2D eigenvalue weighted by molar-refractivity contribution is 5.78. The average molecular weight is 422 g/mol. The SMILES string of the molecule is CCCN(C(=O)CN1CCN(c2ccccc2)CC1)[C@@H]1CCc2c(cccc2OC)C1. The van der Waals surface area contributed by atoms with Crippen molar-refractivity contribution in [3.63, 3.8) is 0 Å². The Morgan fingerprint density at radius 2 is 1.84 bits per heavy atom. The van der Waals surface area contributed by atoms with Gasteiger partial charge in [0.1, 0.15) is 5.75 Å². The van der Waals surface area contributed by atoms with Crippen molar-refractivity contribution in [3.05, 3.63) is 59.7 Å². The van der Waals surface area contributed by atoms with Crippen LogP contribution in [-0.2, 0) is 17.6 Å². The van der Waals surface area contributed by atoms with Crippen LogP contribution in [0.2, 0.25) is 0 Å². The number of piperazine rings is 1. The van der Waals surface area contributed by atoms with E-state index in [0.29, 0.717) is 6.54 Å². The number of amides is 1. The molecule has 5 nitrogen and oxygen atoms in total. The molecule has 1 amide bonds. The Morgan fingerprint density at radius 3 is 2.55 bits per heavy atom. The highest BCUT2D eigenvalue weighted by atomic mass is 16.5. The second-order valence-corrected chi connectivity index (χ2v) is 8.68. The van der Waals surface area contributed by atoms with E-state index in [1.807, 2.05) is 6.07 Å². The highest BCUT2D eigenvalue weighted by Gasteiger charge is 2.30. The molecule has 0 radical (unpaired) electrons. The molecule has 2 aromatic carbocycles. The lowest BCUT2D eigenvalue weighted by Gasteiger charge is -2.39. The molecule has 1 saturated heterocycles. The second kappa shape index (κ2) is 10.2. The van der Waals surface area contributed by atoms with Gasteiger partial charge in [0.2, 0.25) is 5.91 Å². The van der Waals surface area contributed by atoms with E-state index in [1.54, 1.807) is 7.11 Å². The van der Waals surface area contributed by atoms with Gasteiger partial charge in [0.15, 0.2) is 0 Å². The van der Waals surface area contributed by atoms with E-state index in [9.17, 15) is 4.79 Å². The maximum absolute atomic E-state index is 13.3. The number of hydrogen-bond donors (Lipinski definition) is 0. The van der Waals surface area contributed by atoms with Gasteiger partial charge in [0.05, 0.1) is 13.7 Å². The Kier molecular flexibility index (Phi) is 7.13. The summed E-state index contributed by atoms with van der Waals surface area (Å²) >= 11 is 0. The van der Waals surface area contributed by atoms with Gasteiger partial charge < -0.3 is 14.5 Å². The van der Waals surface area contributed by atoms with Gasteiger partial charge >= 0.3 is 0 Å². The molecular weight excluding hydrogens is 386 g/mol. The molecule has 2 aliphatic rings. The van der Waals surface area contributed by atoms with Crippen molar-refractivity contribution in [2.75, 3.05) is 51.3 Å². The lowest BCUT2D eigenvalue weighted by atomic mass is 9.86. The molecule has 1 atom stereocenters. The third-order valence-electron chi connectivity index (χ3n) is 6.71. The van der Waals surface area contributed by atoms with E-state index >= 15 is 0 Å². The van der Waals surface area contributed by atoms with Crippen molar-refractivity contribution in [1.29, 1.82) is 0 Å². The van der Waals surface area contributed by atoms with E-state index in [0.717, 1.165) is 64.2 Å². The van der Waals surface area contributed by atoms with Crippen LogP contribution in [-0.4, -0.2) is 68.1 Å². The van der Waals surface area contributed by atoms with Crippen molar-refractivity contribution in [3.8, 4) is 5.75 Å². The lowest BCUT2D eigenvalue weighted by molar-refractivity contribution is -0.135. The van der Waals surface area contributed by atoms with Gasteiger partial charge in [-0.3, -0.25) is 9.69 Å². The molecule has 0 aromatic heterocycles. The molecule has 4 rings (SSSR count). The van der Waals surface area contributed by atoms with Crippen molar-refractivity contribution in [2.24, 2.45) is 0 Å². The van der Waals surface area contributed by atoms with Gasteiger partial charge in [-0.1, -0.05) is 37.3 Å². The summed E-state index contributed by atoms with van der Waals surface area (Å²) in [5, 5.41) is 0. The molecule has 1 fully saturated rings. The summed E-state index contributed by atoms with van der Waals surface area (Å²) in [5.41, 5.74) is 3.93. The molecule has 1 heterocycles. The number of anilines is 1. The van der Waals surface area contributed by atoms with Crippen LogP contribution in [0, 0.1) is 0 Å². The average Bonchev–Trinajstić information content (AvgIpc) is 2.82. The quantitative estimate of drug-likeness (QED) is 0.684. The summed E-state index contributed by atoms with van der Waals surface area (Å²) in [6.07, 6.45) is 3.92. The van der Waals surface area contributed by atoms with E-state index in [2.05, 4.69) is 64.1 Å². The summed E-state index contributed by atoms with van der Waals surface area (Å²) in [5.74, 6) is 1.27. The van der Waals surface area contributed by atoms with Crippen LogP contribution in [0.1, 0.15) is 30.9 Å². The first-order valence-electron chi connectivity index (χ1n) is 11.7. The normalized spacial score (nSPS) is 19.0. The number of para-hydroxylation sites is 1. The van der Waals surface area contributed by atoms with Crippen LogP contribution in [0.3, 0.4) is 0 Å². The number of carbonyl (C=O) groups excluding carboxylic acids is 1. The van der Waals surface area contributed by atoms with Crippen molar-refractivity contribution in [2.45, 2.75) is 38.6 Å². The number of fused-ring (bicyclic) bond motifs is 1. The van der Waals surface area contributed by atoms with E-state index < -0.39 is 0 Å². The van der Waals surface area contributed by atoms with Crippen LogP contribution in [0.15, 0.2) is 48.5 Å². The Balaban J connectivity index is 1.36. The fraction of sp³-hybridized carbons (Fsp3) is 0.500. The molecule has 0 bridgehead atoms. The zero-order valence-electron chi connectivity index (χ0n) is 18.9. The molecule has 5 heteroatoms. The highest BCUT2D eigenvalue weighted by Crippen LogP contribution is 2.31. The van der Waals surface area contributed by atoms with Gasteiger partial charge in [-0.05, 0) is 55.0 Å². The van der Waals surface area contributed by atoms with Crippen LogP contribution >= 0.6 is 0 Å². The minimum Gasteiger partial charge on any atom is -0.496 e. The summed E-state index contributed by atoms with van der Waals surface area (Å²) in [6, 6.07) is 17.2. The lowest BCUT2D eigenvalue weighted by Crippen LogP contribution is -2.52. The number of hydrogen-bond acceptors (Lipinski definition) is 4. The fourth-order valence-corrected chi connectivity index (χ4v) is 5.05. The van der Waals surface area contributed by atoms with Gasteiger partial charge in [-0.15, -0.1) is 0 Å². The Hall–Kier alpha value is -2.53. The maximum Gasteiger partial charge on any atom is 0.237 e. The van der Waals surface area contributed by atoms with Gasteiger partial charge in [0.25, 0.3) is 0 Å². The molecule has 1 aliphatic heterocycles. The van der Waals surface area contributed by atoms with Gasteiger partial charge in [-0.25, -0.2) is 0 Å². The minimum absolute atomic E-state index is 0.284. The Bertz CT molecular complexity index is 862. The molecule has 31 heavy (non-hydrogen) atoms. The zero-order valence-corrected chi connectivity index (χ0v) is 18.9. The van der Waals surface area contributed by atoms with E-state index in [1.165, 1.54) is 16.8 Å². The second-order valence-electron chi connectivity index (χ2n) is 8.68. The number of ether oxygens (including phenoxy) is 1. The largest absolute Gasteiger partial charge is 0.496 e. The molecule has 166 valence electrons. The summed E-state index contributed by atoms with van der Waals surface area (Å²) in [7, 11) is 1.74. The van der Waals surface area contributed by atoms with Crippen molar-refractivity contribution < 1.29 is 9.53 Å². The molecule has 0 N–H and O–H groups in total. The number of nitrogens with zero attached hydrogens (tertiary/aromatic N) is 3. The first-order valence-corrected chi connectivity index (χ1v) is 11.7. The number of carbonyl (C=O) groups is 1. The maximum atomic E-state index is 13.3. The molecule has 0 spiro atoms. The van der Waals surface area contributed by atoms with E-state index in [4.69, 9.17) is 4.74 Å². The topological polar surface area (TPSA) is 36.0 Å². The van der Waals surface area contributed by atoms with Crippen molar-refractivity contribution in [1.82, 2.24) is 9.80 Å². The zero-order chi connectivity index (χ0) is 21.6. The predicted molar refractivity (Wildman–Crippen MR) is 126 cm³/mol. The molecule has 0 saturated carbocycles. The summed E-state index contributed by atoms with van der Waals surface area (Å²) in [6.45, 7) is 7.36. The van der Waals surface area contributed by atoms with Crippen LogP contribution in [0.4, 0.5) is 5.69 Å². The van der Waals surface area contributed by atoms with Gasteiger partial charge in [-0.2, -0.15) is 0 Å². The number of rotatable bonds is 7. The monoisotopic (exact) mass is 421 g/mol. The van der Waals surface area contributed by atoms with Crippen LogP contribution < -0.4 is 9.64 Å². The summed E-state index contributed by atoms with van der Waals surface area (Å²) < 4.78 is 5.55. The fourth-order valence-electron chi connectivity index (χ4n) is 5.05. The van der Waals surface area contributed by atoms with Crippen LogP contribution in [0.25, 0.3) is 0 Å². The molecule has 1 aliphatic carbocycles. The third-order valence-corrected chi connectivity index (χ3v) is 6.71. The van der Waals surface area contributed by atoms with E-state index in [-0.39, 0.29) is 11.9 Å². The first kappa shape index (κ1) is 21.7. The molecular formula is C26H35N3O2. The number of benzene rings is 2. The predicted octanol–water partition coefficient (Wildman–Crippen LogP) is 3.61. The third kappa shape index (κ3) is 5.04. The van der Waals surface area contributed by atoms with Crippen LogP contribution in [0.5, 0.6) is 5.75 Å². The molecule has 2 aromatic rings. The first-order chi connectivity index (χ1) is 15.2.